The molecule has 81 heavy (non-hydrogen) atoms. The lowest BCUT2D eigenvalue weighted by Gasteiger charge is -2.39. The molecular weight excluding hydrogens is 1040 g/mol. The molecule has 19 heteroatoms. The summed E-state index contributed by atoms with van der Waals surface area (Å²) in [6.45, 7) is 25.0. The molecule has 16 atom stereocenters. The van der Waals surface area contributed by atoms with E-state index in [0.717, 1.165) is 83.0 Å². The Balaban J connectivity index is 0.000000318. The van der Waals surface area contributed by atoms with E-state index < -0.39 is 18.2 Å². The summed E-state index contributed by atoms with van der Waals surface area (Å²) in [5, 5.41) is 16.9. The van der Waals surface area contributed by atoms with E-state index in [1.165, 1.54) is 31.6 Å². The highest BCUT2D eigenvalue weighted by Gasteiger charge is 2.52. The van der Waals surface area contributed by atoms with Crippen LogP contribution in [0.5, 0.6) is 0 Å². The number of hydrogen-bond donors (Lipinski definition) is 5. The van der Waals surface area contributed by atoms with Gasteiger partial charge in [-0.05, 0) is 104 Å². The molecule has 0 aromatic rings. The van der Waals surface area contributed by atoms with Crippen LogP contribution in [0, 0.1) is 11.8 Å². The van der Waals surface area contributed by atoms with Gasteiger partial charge in [0, 0.05) is 77.6 Å². The first-order valence-electron chi connectivity index (χ1n) is 29.4. The quantitative estimate of drug-likeness (QED) is 0.0283. The molecule has 1 unspecified atom stereocenters. The van der Waals surface area contributed by atoms with E-state index in [1.54, 1.807) is 26.0 Å². The molecule has 0 bridgehead atoms. The molecule has 3 amide bonds. The van der Waals surface area contributed by atoms with E-state index >= 15 is 0 Å². The fourth-order valence-corrected chi connectivity index (χ4v) is 10.5. The van der Waals surface area contributed by atoms with Gasteiger partial charge >= 0.3 is 17.9 Å². The summed E-state index contributed by atoms with van der Waals surface area (Å²) in [4.78, 5) is 68.2. The number of carboxylic acids is 1. The van der Waals surface area contributed by atoms with E-state index in [-0.39, 0.29) is 108 Å². The molecule has 2 spiro atoms. The van der Waals surface area contributed by atoms with Gasteiger partial charge in [0.2, 0.25) is 17.7 Å². The number of nitrogens with two attached hydrogens (primary N) is 1. The van der Waals surface area contributed by atoms with Crippen LogP contribution in [0.1, 0.15) is 160 Å². The number of epoxide rings is 2. The highest BCUT2D eigenvalue weighted by molar-refractivity contribution is 5.88. The number of amides is 3. The van der Waals surface area contributed by atoms with Crippen LogP contribution >= 0.6 is 0 Å². The molecular formula is C62H98N4O15. The lowest BCUT2D eigenvalue weighted by Crippen LogP contribution is -2.50. The number of carbonyl (C=O) groups excluding carboxylic acids is 5. The number of ether oxygens (including phenoxy) is 8. The fraction of sp³-hybridized carbons (Fsp3) is 0.710. The zero-order chi connectivity index (χ0) is 59.9. The Bertz CT molecular complexity index is 2230. The molecule has 456 valence electrons. The van der Waals surface area contributed by atoms with Crippen molar-refractivity contribution in [3.63, 3.8) is 0 Å². The molecule has 6 fully saturated rings. The van der Waals surface area contributed by atoms with Gasteiger partial charge in [-0.2, -0.15) is 0 Å². The van der Waals surface area contributed by atoms with Crippen molar-refractivity contribution in [2.75, 3.05) is 26.3 Å². The summed E-state index contributed by atoms with van der Waals surface area (Å²) in [7, 11) is 0. The Kier molecular flexibility index (Phi) is 28.7. The zero-order valence-corrected chi connectivity index (χ0v) is 50.4. The number of allylic oxidation sites excluding steroid dienone is 4. The van der Waals surface area contributed by atoms with Crippen molar-refractivity contribution in [1.82, 2.24) is 16.0 Å². The average molecular weight is 1140 g/mol. The largest absolute Gasteiger partial charge is 0.481 e. The predicted octanol–water partition coefficient (Wildman–Crippen LogP) is 7.75. The second kappa shape index (κ2) is 33.9. The Labute approximate surface area is 482 Å². The maximum Gasteiger partial charge on any atom is 0.303 e. The first kappa shape index (κ1) is 68.5. The normalized spacial score (nSPS) is 32.8. The van der Waals surface area contributed by atoms with Crippen LogP contribution in [0.25, 0.3) is 0 Å². The molecule has 6 heterocycles. The number of rotatable bonds is 23. The van der Waals surface area contributed by atoms with E-state index in [4.69, 9.17) is 48.7 Å². The zero-order valence-electron chi connectivity index (χ0n) is 50.4. The SMILES string of the molecule is CC(=O)O[C@@H](C)/C=C\C(=O)N[C@@H]1C[C@H](C)[C@H](C/C=C(C)/C=C/[C@@H]2C[C@]3(CO3)C[C@@H](CN)O2)O[C@@H]1C.CCCC(=O)NCC1C[C@@]2(CO2)C[C@@H](/C=C/C(C)=C/C[C@@H]2O[C@H](C)[C@H](NC(=O)/C=C\[C@H](C)OC(C)=O)C[C@@H]2C)O1.CCCC(=O)O. The summed E-state index contributed by atoms with van der Waals surface area (Å²) < 4.78 is 46.4. The van der Waals surface area contributed by atoms with Crippen LogP contribution in [0.3, 0.4) is 0 Å². The van der Waals surface area contributed by atoms with Crippen molar-refractivity contribution < 1.29 is 71.8 Å². The Hall–Kier alpha value is -5.02. The smallest absolute Gasteiger partial charge is 0.303 e. The van der Waals surface area contributed by atoms with Gasteiger partial charge in [-0.1, -0.05) is 75.3 Å². The van der Waals surface area contributed by atoms with Gasteiger partial charge in [-0.15, -0.1) is 0 Å². The van der Waals surface area contributed by atoms with Crippen LogP contribution < -0.4 is 21.7 Å². The lowest BCUT2D eigenvalue weighted by atomic mass is 9.88. The first-order chi connectivity index (χ1) is 38.3. The molecule has 6 saturated heterocycles. The summed E-state index contributed by atoms with van der Waals surface area (Å²) in [6.07, 6.45) is 26.9. The van der Waals surface area contributed by atoms with Gasteiger partial charge in [0.15, 0.2) is 0 Å². The molecule has 0 aliphatic carbocycles. The van der Waals surface area contributed by atoms with Crippen molar-refractivity contribution in [3.8, 4) is 0 Å². The maximum atomic E-state index is 12.4. The van der Waals surface area contributed by atoms with Crippen molar-refractivity contribution in [2.45, 2.75) is 244 Å². The number of aliphatic carboxylic acids is 1. The second-order valence-corrected chi connectivity index (χ2v) is 23.1. The standard InChI is InChI=1S/C31H48N2O7.C27H42N2O6.C4H8O2/c1-7-8-29(35)32-18-26-17-31(19-37-31)16-25(40-26)12-9-20(2)10-13-28-21(3)15-27(23(5)39-28)33-30(36)14-11-22(4)38-24(6)34;1-17(6-9-22-13-27(16-32-27)14-23(15-28)35-22)7-10-25-18(2)12-24(20(4)34-25)29-26(31)11-8-19(3)33-21(5)30;1-2-3-4(5)6/h9-12,14,21-23,25-28H,7-8,13,15-19H2,1-6H3,(H,32,35)(H,33,36);6-9,11,18-20,22-25H,10,12-16,28H2,1-5H3,(H,29,31);2-3H2,1H3,(H,5,6)/b12-9+,14-11-,20-10+;9-6+,11-8-,17-7+;/t21-,22-,23+,25+,26?,27+,28-,31+;18-,19-,20+,22+,23-,24+,25-,27+;/m00./s1. The molecule has 19 nitrogen and oxygen atoms in total. The Morgan fingerprint density at radius 3 is 1.42 bits per heavy atom. The molecule has 6 aliphatic rings. The topological polar surface area (TPSA) is 265 Å². The number of carboxylic acid groups (broad SMARTS) is 1. The van der Waals surface area contributed by atoms with Crippen LogP contribution in [0.15, 0.2) is 71.9 Å². The number of carbonyl (C=O) groups is 6. The van der Waals surface area contributed by atoms with E-state index in [1.807, 2.05) is 27.7 Å². The summed E-state index contributed by atoms with van der Waals surface area (Å²) >= 11 is 0. The highest BCUT2D eigenvalue weighted by Crippen LogP contribution is 2.43. The van der Waals surface area contributed by atoms with Crippen LogP contribution in [-0.2, 0) is 66.7 Å². The van der Waals surface area contributed by atoms with Crippen LogP contribution in [-0.4, -0.2) is 151 Å². The first-order valence-corrected chi connectivity index (χ1v) is 29.4. The highest BCUT2D eigenvalue weighted by atomic mass is 16.6. The predicted molar refractivity (Wildman–Crippen MR) is 309 cm³/mol. The van der Waals surface area contributed by atoms with Gasteiger partial charge in [-0.3, -0.25) is 28.8 Å². The third-order valence-electron chi connectivity index (χ3n) is 15.2. The van der Waals surface area contributed by atoms with Crippen molar-refractivity contribution >= 4 is 35.6 Å². The van der Waals surface area contributed by atoms with E-state index in [2.05, 4.69) is 80.1 Å². The molecule has 0 aromatic heterocycles. The maximum absolute atomic E-state index is 12.4. The van der Waals surface area contributed by atoms with Crippen LogP contribution in [0.4, 0.5) is 0 Å². The summed E-state index contributed by atoms with van der Waals surface area (Å²) in [6, 6.07) is -0.152. The number of hydrogen-bond acceptors (Lipinski definition) is 15. The minimum Gasteiger partial charge on any atom is -0.481 e. The van der Waals surface area contributed by atoms with Crippen molar-refractivity contribution in [2.24, 2.45) is 17.6 Å². The molecule has 0 saturated carbocycles. The Morgan fingerprint density at radius 1 is 0.630 bits per heavy atom. The fourth-order valence-electron chi connectivity index (χ4n) is 10.5. The van der Waals surface area contributed by atoms with Gasteiger partial charge in [0.05, 0.1) is 85.3 Å². The third-order valence-corrected chi connectivity index (χ3v) is 15.2. The Morgan fingerprint density at radius 2 is 1.05 bits per heavy atom. The van der Waals surface area contributed by atoms with Gasteiger partial charge in [0.1, 0.15) is 12.2 Å². The summed E-state index contributed by atoms with van der Waals surface area (Å²) in [5.74, 6) is -1.26. The average Bonchev–Trinajstić information content (AvgIpc) is 4.53. The summed E-state index contributed by atoms with van der Waals surface area (Å²) in [5.41, 5.74) is 8.02. The van der Waals surface area contributed by atoms with Crippen molar-refractivity contribution in [1.29, 1.82) is 0 Å². The van der Waals surface area contributed by atoms with Gasteiger partial charge < -0.3 is 64.7 Å². The van der Waals surface area contributed by atoms with Gasteiger partial charge in [-0.25, -0.2) is 0 Å². The monoisotopic (exact) mass is 1140 g/mol. The minimum absolute atomic E-state index is 0.0151. The van der Waals surface area contributed by atoms with Crippen molar-refractivity contribution in [3.05, 3.63) is 71.9 Å². The minimum atomic E-state index is -0.711. The van der Waals surface area contributed by atoms with E-state index in [9.17, 15) is 28.8 Å². The molecule has 6 rings (SSSR count). The molecule has 6 aliphatic heterocycles. The molecule has 0 radical (unpaired) electrons. The molecule has 6 N–H and O–H groups in total. The third kappa shape index (κ3) is 26.0. The second-order valence-electron chi connectivity index (χ2n) is 23.1. The van der Waals surface area contributed by atoms with Gasteiger partial charge in [0.25, 0.3) is 0 Å². The van der Waals surface area contributed by atoms with Crippen LogP contribution in [0.2, 0.25) is 0 Å². The lowest BCUT2D eigenvalue weighted by molar-refractivity contribution is -0.144. The van der Waals surface area contributed by atoms with E-state index in [0.29, 0.717) is 31.8 Å². The number of nitrogens with one attached hydrogen (secondary N) is 3. The number of esters is 2. The molecule has 0 aromatic carbocycles.